The van der Waals surface area contributed by atoms with Crippen molar-refractivity contribution in [3.8, 4) is 0 Å². The third-order valence-electron chi connectivity index (χ3n) is 6.12. The molecule has 0 aliphatic carbocycles. The Morgan fingerprint density at radius 3 is 2.44 bits per heavy atom. The second-order valence-corrected chi connectivity index (χ2v) is 9.03. The van der Waals surface area contributed by atoms with E-state index in [1.165, 1.54) is 41.5 Å². The maximum absolute atomic E-state index is 14.8. The first-order valence-electron chi connectivity index (χ1n) is 12.3. The number of aromatic amines is 1. The normalized spacial score (nSPS) is 13.0. The highest BCUT2D eigenvalue weighted by molar-refractivity contribution is 5.40. The van der Waals surface area contributed by atoms with E-state index >= 15 is 0 Å². The van der Waals surface area contributed by atoms with Crippen LogP contribution < -0.4 is 10.6 Å². The Labute approximate surface area is 208 Å². The van der Waals surface area contributed by atoms with Gasteiger partial charge in [-0.15, -0.1) is 0 Å². The molecule has 0 aliphatic rings. The van der Waals surface area contributed by atoms with E-state index in [9.17, 15) is 23.1 Å². The van der Waals surface area contributed by atoms with E-state index < -0.39 is 28.7 Å². The number of rotatable bonds is 15. The first-order valence-corrected chi connectivity index (χ1v) is 12.3. The third-order valence-corrected chi connectivity index (χ3v) is 6.12. The standard InChI is InChI=1S/C25H33F3N6O2/c1-2-3-4-5-6-7-8-9-12-33(23-22(28)14-30-24(35)32-23)15-25(36,16-34-18-29-17-31-34)20-11-10-19(26)13-21(20)27/h10-11,13-14,17-18,36H,2-9,12,15-16H2,1H3,(H,30,32,35). The Kier molecular flexibility index (Phi) is 10.0. The van der Waals surface area contributed by atoms with E-state index in [0.717, 1.165) is 44.0 Å². The van der Waals surface area contributed by atoms with Crippen molar-refractivity contribution in [2.75, 3.05) is 18.0 Å². The van der Waals surface area contributed by atoms with Gasteiger partial charge in [-0.05, 0) is 12.5 Å². The van der Waals surface area contributed by atoms with Gasteiger partial charge in [-0.2, -0.15) is 10.1 Å². The van der Waals surface area contributed by atoms with Gasteiger partial charge < -0.3 is 10.0 Å². The zero-order chi connectivity index (χ0) is 26.0. The molecule has 0 saturated heterocycles. The molecule has 2 heterocycles. The summed E-state index contributed by atoms with van der Waals surface area (Å²) in [6.07, 6.45) is 11.8. The molecule has 3 rings (SSSR count). The lowest BCUT2D eigenvalue weighted by Gasteiger charge is -2.36. The number of hydrogen-bond donors (Lipinski definition) is 2. The van der Waals surface area contributed by atoms with E-state index in [4.69, 9.17) is 0 Å². The van der Waals surface area contributed by atoms with Crippen molar-refractivity contribution >= 4 is 5.82 Å². The molecule has 1 aromatic carbocycles. The average molecular weight is 507 g/mol. The molecule has 0 saturated carbocycles. The minimum absolute atomic E-state index is 0.155. The highest BCUT2D eigenvalue weighted by Gasteiger charge is 2.36. The Morgan fingerprint density at radius 2 is 1.78 bits per heavy atom. The minimum atomic E-state index is -1.96. The van der Waals surface area contributed by atoms with Gasteiger partial charge in [-0.3, -0.25) is 4.98 Å². The van der Waals surface area contributed by atoms with Crippen molar-refractivity contribution in [3.63, 3.8) is 0 Å². The Balaban J connectivity index is 1.85. The van der Waals surface area contributed by atoms with Crippen LogP contribution >= 0.6 is 0 Å². The molecular formula is C25H33F3N6O2. The molecule has 2 N–H and O–H groups in total. The van der Waals surface area contributed by atoms with Gasteiger partial charge in [-0.1, -0.05) is 57.9 Å². The van der Waals surface area contributed by atoms with Gasteiger partial charge in [0.25, 0.3) is 0 Å². The lowest BCUT2D eigenvalue weighted by molar-refractivity contribution is 0.0182. The van der Waals surface area contributed by atoms with Gasteiger partial charge in [0.1, 0.15) is 35.7 Å². The number of H-pyrrole nitrogens is 1. The van der Waals surface area contributed by atoms with Gasteiger partial charge in [0, 0.05) is 18.2 Å². The molecular weight excluding hydrogens is 473 g/mol. The molecule has 0 fully saturated rings. The molecule has 36 heavy (non-hydrogen) atoms. The number of nitrogens with zero attached hydrogens (tertiary/aromatic N) is 5. The fourth-order valence-electron chi connectivity index (χ4n) is 4.29. The van der Waals surface area contributed by atoms with Crippen LogP contribution in [0.25, 0.3) is 0 Å². The van der Waals surface area contributed by atoms with Crippen molar-refractivity contribution in [3.05, 3.63) is 70.5 Å². The number of nitrogens with one attached hydrogen (secondary N) is 1. The van der Waals surface area contributed by atoms with Crippen LogP contribution in [0, 0.1) is 17.5 Å². The summed E-state index contributed by atoms with van der Waals surface area (Å²) in [5.41, 5.74) is -2.89. The maximum atomic E-state index is 14.8. The second-order valence-electron chi connectivity index (χ2n) is 9.03. The fraction of sp³-hybridized carbons (Fsp3) is 0.520. The highest BCUT2D eigenvalue weighted by atomic mass is 19.1. The van der Waals surface area contributed by atoms with E-state index in [2.05, 4.69) is 27.0 Å². The summed E-state index contributed by atoms with van der Waals surface area (Å²) in [6, 6.07) is 2.88. The van der Waals surface area contributed by atoms with Gasteiger partial charge in [0.2, 0.25) is 0 Å². The van der Waals surface area contributed by atoms with Crippen LogP contribution in [-0.4, -0.2) is 42.9 Å². The molecule has 0 amide bonds. The summed E-state index contributed by atoms with van der Waals surface area (Å²) < 4.78 is 44.5. The second kappa shape index (κ2) is 13.2. The van der Waals surface area contributed by atoms with Crippen LogP contribution in [0.2, 0.25) is 0 Å². The molecule has 0 bridgehead atoms. The molecule has 3 aromatic rings. The van der Waals surface area contributed by atoms with Gasteiger partial charge in [0.05, 0.1) is 19.3 Å². The van der Waals surface area contributed by atoms with Crippen LogP contribution in [-0.2, 0) is 12.1 Å². The number of benzene rings is 1. The smallest absolute Gasteiger partial charge is 0.346 e. The fourth-order valence-corrected chi connectivity index (χ4v) is 4.29. The summed E-state index contributed by atoms with van der Waals surface area (Å²) in [7, 11) is 0. The van der Waals surface area contributed by atoms with E-state index in [0.29, 0.717) is 12.5 Å². The monoisotopic (exact) mass is 506 g/mol. The van der Waals surface area contributed by atoms with Crippen molar-refractivity contribution in [1.82, 2.24) is 24.7 Å². The van der Waals surface area contributed by atoms with E-state index in [-0.39, 0.29) is 31.0 Å². The molecule has 8 nitrogen and oxygen atoms in total. The number of unbranched alkanes of at least 4 members (excludes halogenated alkanes) is 7. The van der Waals surface area contributed by atoms with Crippen LogP contribution in [0.1, 0.15) is 63.9 Å². The molecule has 2 aromatic heterocycles. The van der Waals surface area contributed by atoms with Crippen LogP contribution in [0.15, 0.2) is 41.8 Å². The summed E-state index contributed by atoms with van der Waals surface area (Å²) >= 11 is 0. The SMILES string of the molecule is CCCCCCCCCCN(CC(O)(Cn1cncn1)c1ccc(F)cc1F)c1[nH]c(=O)ncc1F. The predicted octanol–water partition coefficient (Wildman–Crippen LogP) is 4.31. The minimum Gasteiger partial charge on any atom is -0.381 e. The summed E-state index contributed by atoms with van der Waals surface area (Å²) in [5.74, 6) is -2.68. The van der Waals surface area contributed by atoms with Crippen LogP contribution in [0.3, 0.4) is 0 Å². The van der Waals surface area contributed by atoms with Crippen molar-refractivity contribution in [2.24, 2.45) is 0 Å². The molecule has 0 aliphatic heterocycles. The molecule has 0 radical (unpaired) electrons. The number of aromatic nitrogens is 5. The quantitative estimate of drug-likeness (QED) is 0.298. The third kappa shape index (κ3) is 7.64. The van der Waals surface area contributed by atoms with Gasteiger partial charge in [-0.25, -0.2) is 27.6 Å². The van der Waals surface area contributed by atoms with Crippen molar-refractivity contribution in [1.29, 1.82) is 0 Å². The van der Waals surface area contributed by atoms with Gasteiger partial charge in [0.15, 0.2) is 5.82 Å². The highest BCUT2D eigenvalue weighted by Crippen LogP contribution is 2.30. The molecule has 1 unspecified atom stereocenters. The summed E-state index contributed by atoms with van der Waals surface area (Å²) in [5, 5.41) is 15.7. The number of halogens is 3. The topological polar surface area (TPSA) is 99.9 Å². The van der Waals surface area contributed by atoms with Crippen LogP contribution in [0.5, 0.6) is 0 Å². The van der Waals surface area contributed by atoms with E-state index in [1.54, 1.807) is 0 Å². The number of anilines is 1. The van der Waals surface area contributed by atoms with Crippen molar-refractivity contribution in [2.45, 2.75) is 70.4 Å². The Morgan fingerprint density at radius 1 is 1.06 bits per heavy atom. The van der Waals surface area contributed by atoms with Crippen molar-refractivity contribution < 1.29 is 18.3 Å². The first-order chi connectivity index (χ1) is 17.3. The molecule has 0 spiro atoms. The zero-order valence-electron chi connectivity index (χ0n) is 20.5. The average Bonchev–Trinajstić information content (AvgIpc) is 3.34. The van der Waals surface area contributed by atoms with E-state index in [1.807, 2.05) is 0 Å². The lowest BCUT2D eigenvalue weighted by atomic mass is 9.92. The number of aliphatic hydroxyl groups is 1. The lowest BCUT2D eigenvalue weighted by Crippen LogP contribution is -2.46. The van der Waals surface area contributed by atoms with Crippen LogP contribution in [0.4, 0.5) is 19.0 Å². The first kappa shape index (κ1) is 27.4. The Bertz CT molecular complexity index is 1140. The summed E-state index contributed by atoms with van der Waals surface area (Å²) in [6.45, 7) is 1.91. The Hall–Kier alpha value is -3.21. The van der Waals surface area contributed by atoms with Gasteiger partial charge >= 0.3 is 5.69 Å². The number of hydrogen-bond acceptors (Lipinski definition) is 6. The predicted molar refractivity (Wildman–Crippen MR) is 130 cm³/mol. The molecule has 1 atom stereocenters. The zero-order valence-corrected chi connectivity index (χ0v) is 20.5. The largest absolute Gasteiger partial charge is 0.381 e. The molecule has 196 valence electrons. The maximum Gasteiger partial charge on any atom is 0.346 e. The molecule has 11 heteroatoms. The summed E-state index contributed by atoms with van der Waals surface area (Å²) in [4.78, 5) is 23.0.